The number of nitrogens with zero attached hydrogens (tertiary/aromatic N) is 1. The predicted molar refractivity (Wildman–Crippen MR) is 60.3 cm³/mol. The molecule has 0 unspecified atom stereocenters. The highest BCUT2D eigenvalue weighted by molar-refractivity contribution is 5.83. The number of aryl methyl sites for hydroxylation is 1. The molecule has 0 aliphatic rings. The van der Waals surface area contributed by atoms with Gasteiger partial charge in [0, 0.05) is 17.5 Å². The zero-order valence-electron chi connectivity index (χ0n) is 8.60. The number of hydroxylamine groups is 1. The van der Waals surface area contributed by atoms with E-state index < -0.39 is 0 Å². The summed E-state index contributed by atoms with van der Waals surface area (Å²) >= 11 is 0. The molecule has 1 heterocycles. The summed E-state index contributed by atoms with van der Waals surface area (Å²) < 4.78 is 5.05. The Morgan fingerprint density at radius 3 is 3.00 bits per heavy atom. The van der Waals surface area contributed by atoms with Crippen molar-refractivity contribution in [1.29, 1.82) is 0 Å². The largest absolute Gasteiger partial charge is 0.423 e. The Morgan fingerprint density at radius 1 is 1.44 bits per heavy atom. The number of benzene rings is 1. The number of rotatable bonds is 2. The zero-order valence-corrected chi connectivity index (χ0v) is 8.60. The summed E-state index contributed by atoms with van der Waals surface area (Å²) in [5, 5.41) is 9.23. The van der Waals surface area contributed by atoms with E-state index in [1.54, 1.807) is 17.6 Å². The number of hydrogen-bond donors (Lipinski definition) is 2. The van der Waals surface area contributed by atoms with E-state index in [2.05, 4.69) is 4.99 Å². The second-order valence-corrected chi connectivity index (χ2v) is 3.32. The van der Waals surface area contributed by atoms with Gasteiger partial charge in [-0.1, -0.05) is 0 Å². The predicted octanol–water partition coefficient (Wildman–Crippen LogP) is 1.74. The topological polar surface area (TPSA) is 74.8 Å². The van der Waals surface area contributed by atoms with E-state index >= 15 is 0 Å². The molecule has 2 rings (SSSR count). The summed E-state index contributed by atoms with van der Waals surface area (Å²) in [5.41, 5.74) is 3.35. The molecule has 0 spiro atoms. The Bertz CT molecular complexity index is 602. The van der Waals surface area contributed by atoms with Crippen LogP contribution in [0.15, 0.2) is 38.5 Å². The first kappa shape index (κ1) is 10.4. The lowest BCUT2D eigenvalue weighted by Crippen LogP contribution is -2.01. The van der Waals surface area contributed by atoms with Crippen LogP contribution in [0.25, 0.3) is 11.0 Å². The summed E-state index contributed by atoms with van der Waals surface area (Å²) in [4.78, 5) is 15.1. The van der Waals surface area contributed by atoms with Crippen LogP contribution < -0.4 is 11.1 Å². The number of hydrogen-bond acceptors (Lipinski definition) is 4. The third-order valence-corrected chi connectivity index (χ3v) is 2.21. The molecule has 1 aromatic heterocycles. The second-order valence-electron chi connectivity index (χ2n) is 3.32. The van der Waals surface area contributed by atoms with Crippen LogP contribution in [0.1, 0.15) is 5.56 Å². The third kappa shape index (κ3) is 1.94. The molecule has 0 amide bonds. The molecule has 16 heavy (non-hydrogen) atoms. The molecule has 1 aromatic carbocycles. The first-order chi connectivity index (χ1) is 7.70. The van der Waals surface area contributed by atoms with Gasteiger partial charge in [-0.25, -0.2) is 9.79 Å². The van der Waals surface area contributed by atoms with Gasteiger partial charge in [0.1, 0.15) is 11.9 Å². The average molecular weight is 218 g/mol. The molecule has 0 saturated heterocycles. The molecule has 0 aliphatic heterocycles. The van der Waals surface area contributed by atoms with Crippen LogP contribution in [0.4, 0.5) is 5.69 Å². The molecule has 0 atom stereocenters. The average Bonchev–Trinajstić information content (AvgIpc) is 2.25. The fourth-order valence-corrected chi connectivity index (χ4v) is 1.50. The van der Waals surface area contributed by atoms with E-state index in [1.807, 2.05) is 13.0 Å². The summed E-state index contributed by atoms with van der Waals surface area (Å²) in [7, 11) is 0. The van der Waals surface area contributed by atoms with Gasteiger partial charge >= 0.3 is 5.63 Å². The van der Waals surface area contributed by atoms with Gasteiger partial charge in [0.25, 0.3) is 0 Å². The zero-order chi connectivity index (χ0) is 11.5. The molecule has 0 radical (unpaired) electrons. The molecule has 0 aliphatic carbocycles. The molecule has 5 heteroatoms. The lowest BCUT2D eigenvalue weighted by atomic mass is 10.1. The Kier molecular flexibility index (Phi) is 2.70. The maximum atomic E-state index is 11.2. The van der Waals surface area contributed by atoms with Crippen LogP contribution >= 0.6 is 0 Å². The number of nitrogens with one attached hydrogen (secondary N) is 1. The van der Waals surface area contributed by atoms with Crippen molar-refractivity contribution in [3.63, 3.8) is 0 Å². The summed E-state index contributed by atoms with van der Waals surface area (Å²) in [6.07, 6.45) is 1.13. The van der Waals surface area contributed by atoms with Crippen molar-refractivity contribution in [3.8, 4) is 0 Å². The van der Waals surface area contributed by atoms with Crippen LogP contribution in [-0.4, -0.2) is 11.5 Å². The minimum Gasteiger partial charge on any atom is -0.423 e. The SMILES string of the molecule is Cc1cc(=O)oc2cc(N=CNO)ccc12. The molecule has 0 saturated carbocycles. The number of aliphatic imine (C=N–C) groups is 1. The minimum atomic E-state index is -0.383. The van der Waals surface area contributed by atoms with Crippen LogP contribution in [0, 0.1) is 6.92 Å². The lowest BCUT2D eigenvalue weighted by molar-refractivity contribution is 0.240. The van der Waals surface area contributed by atoms with E-state index in [4.69, 9.17) is 9.62 Å². The third-order valence-electron chi connectivity index (χ3n) is 2.21. The maximum Gasteiger partial charge on any atom is 0.336 e. The van der Waals surface area contributed by atoms with Crippen molar-refractivity contribution in [1.82, 2.24) is 5.48 Å². The highest BCUT2D eigenvalue weighted by Gasteiger charge is 2.02. The Hall–Kier alpha value is -2.14. The smallest absolute Gasteiger partial charge is 0.336 e. The van der Waals surface area contributed by atoms with E-state index in [9.17, 15) is 4.79 Å². The van der Waals surface area contributed by atoms with Crippen molar-refractivity contribution in [2.24, 2.45) is 4.99 Å². The van der Waals surface area contributed by atoms with Gasteiger partial charge in [-0.05, 0) is 24.6 Å². The first-order valence-corrected chi connectivity index (χ1v) is 4.67. The second kappa shape index (κ2) is 4.16. The monoisotopic (exact) mass is 218 g/mol. The standard InChI is InChI=1S/C11H10N2O3/c1-7-4-11(14)16-10-5-8(12-6-13-15)2-3-9(7)10/h2-6,15H,1H3,(H,12,13). The highest BCUT2D eigenvalue weighted by Crippen LogP contribution is 2.21. The summed E-state index contributed by atoms with van der Waals surface area (Å²) in [6, 6.07) is 6.67. The van der Waals surface area contributed by atoms with Crippen molar-refractivity contribution in [2.75, 3.05) is 0 Å². The van der Waals surface area contributed by atoms with Crippen molar-refractivity contribution in [3.05, 3.63) is 40.2 Å². The minimum absolute atomic E-state index is 0.383. The van der Waals surface area contributed by atoms with Gasteiger partial charge < -0.3 is 4.42 Å². The summed E-state index contributed by atoms with van der Waals surface area (Å²) in [6.45, 7) is 1.84. The van der Waals surface area contributed by atoms with Gasteiger partial charge in [-0.3, -0.25) is 10.7 Å². The molecule has 0 fully saturated rings. The Balaban J connectivity index is 2.61. The van der Waals surface area contributed by atoms with Gasteiger partial charge in [0.15, 0.2) is 0 Å². The fourth-order valence-electron chi connectivity index (χ4n) is 1.50. The van der Waals surface area contributed by atoms with Crippen LogP contribution in [0.3, 0.4) is 0 Å². The quantitative estimate of drug-likeness (QED) is 0.348. The molecule has 0 bridgehead atoms. The first-order valence-electron chi connectivity index (χ1n) is 4.67. The van der Waals surface area contributed by atoms with Crippen molar-refractivity contribution < 1.29 is 9.62 Å². The van der Waals surface area contributed by atoms with Crippen molar-refractivity contribution >= 4 is 23.0 Å². The van der Waals surface area contributed by atoms with Crippen molar-refractivity contribution in [2.45, 2.75) is 6.92 Å². The Labute approximate surface area is 91.0 Å². The molecule has 2 aromatic rings. The molecular formula is C11H10N2O3. The molecule has 5 nitrogen and oxygen atoms in total. The van der Waals surface area contributed by atoms with Crippen LogP contribution in [0.5, 0.6) is 0 Å². The Morgan fingerprint density at radius 2 is 2.25 bits per heavy atom. The fraction of sp³-hybridized carbons (Fsp3) is 0.0909. The lowest BCUT2D eigenvalue weighted by Gasteiger charge is -2.00. The van der Waals surface area contributed by atoms with E-state index in [0.717, 1.165) is 17.3 Å². The van der Waals surface area contributed by atoms with Crippen LogP contribution in [0.2, 0.25) is 0 Å². The normalized spacial score (nSPS) is 11.1. The van der Waals surface area contributed by atoms with E-state index in [-0.39, 0.29) is 5.63 Å². The van der Waals surface area contributed by atoms with E-state index in [1.165, 1.54) is 6.07 Å². The van der Waals surface area contributed by atoms with Gasteiger partial charge in [0.05, 0.1) is 5.69 Å². The summed E-state index contributed by atoms with van der Waals surface area (Å²) in [5.74, 6) is 0. The molecule has 2 N–H and O–H groups in total. The highest BCUT2D eigenvalue weighted by atomic mass is 16.5. The van der Waals surface area contributed by atoms with E-state index in [0.29, 0.717) is 11.3 Å². The van der Waals surface area contributed by atoms with Gasteiger partial charge in [-0.2, -0.15) is 0 Å². The molecular weight excluding hydrogens is 208 g/mol. The number of fused-ring (bicyclic) bond motifs is 1. The van der Waals surface area contributed by atoms with Gasteiger partial charge in [-0.15, -0.1) is 0 Å². The molecule has 82 valence electrons. The maximum absolute atomic E-state index is 11.2. The van der Waals surface area contributed by atoms with Gasteiger partial charge in [0.2, 0.25) is 0 Å². The van der Waals surface area contributed by atoms with Crippen LogP contribution in [-0.2, 0) is 0 Å².